The van der Waals surface area contributed by atoms with Crippen molar-refractivity contribution in [2.75, 3.05) is 5.32 Å². The van der Waals surface area contributed by atoms with Gasteiger partial charge in [0, 0.05) is 0 Å². The van der Waals surface area contributed by atoms with Gasteiger partial charge in [-0.15, -0.1) is 11.3 Å². The maximum absolute atomic E-state index is 12.2. The number of benzene rings is 1. The van der Waals surface area contributed by atoms with Gasteiger partial charge in [0.2, 0.25) is 5.91 Å². The van der Waals surface area contributed by atoms with Gasteiger partial charge in [0.05, 0.1) is 22.7 Å². The highest BCUT2D eigenvalue weighted by Gasteiger charge is 2.27. The van der Waals surface area contributed by atoms with Crippen LogP contribution in [-0.2, 0) is 11.2 Å². The third-order valence-electron chi connectivity index (χ3n) is 3.50. The van der Waals surface area contributed by atoms with E-state index in [2.05, 4.69) is 31.3 Å². The summed E-state index contributed by atoms with van der Waals surface area (Å²) in [5.74, 6) is -0.0105. The summed E-state index contributed by atoms with van der Waals surface area (Å²) < 4.78 is 0. The lowest BCUT2D eigenvalue weighted by Crippen LogP contribution is -2.30. The molecule has 1 aliphatic rings. The number of carbonyl (C=O) groups is 1. The molecule has 2 aromatic rings. The summed E-state index contributed by atoms with van der Waals surface area (Å²) in [6.07, 6.45) is 1.23. The Hall–Kier alpha value is -1.94. The van der Waals surface area contributed by atoms with Gasteiger partial charge in [0.25, 0.3) is 0 Å². The van der Waals surface area contributed by atoms with E-state index in [4.69, 9.17) is 4.99 Å². The zero-order valence-electron chi connectivity index (χ0n) is 12.2. The quantitative estimate of drug-likeness (QED) is 0.917. The van der Waals surface area contributed by atoms with Gasteiger partial charge in [0.15, 0.2) is 0 Å². The highest BCUT2D eigenvalue weighted by Crippen LogP contribution is 2.28. The van der Waals surface area contributed by atoms with Crippen LogP contribution < -0.4 is 5.32 Å². The van der Waals surface area contributed by atoms with Crippen LogP contribution in [0.3, 0.4) is 0 Å². The second-order valence-corrected chi connectivity index (χ2v) is 6.85. The normalized spacial score (nSPS) is 16.0. The number of anilines is 1. The molecule has 21 heavy (non-hydrogen) atoms. The Balaban J connectivity index is 1.83. The standard InChI is InChI=1S/C17H18N2OS/c1-17(2)11-12-6-3-4-7-13(12)14(19-17)10-15(20)18-16-8-5-9-21-16/h3-9H,10-11H2,1-2H3,(H,18,20). The number of aliphatic imine (C=N–C) groups is 1. The SMILES string of the molecule is CC1(C)Cc2ccccc2C(CC(=O)Nc2cccs2)=N1. The van der Waals surface area contributed by atoms with Crippen LogP contribution in [-0.4, -0.2) is 17.2 Å². The lowest BCUT2D eigenvalue weighted by molar-refractivity contribution is -0.115. The first-order valence-corrected chi connectivity index (χ1v) is 7.92. The molecule has 0 fully saturated rings. The summed E-state index contributed by atoms with van der Waals surface area (Å²) in [6.45, 7) is 4.22. The Labute approximate surface area is 128 Å². The Kier molecular flexibility index (Phi) is 3.64. The molecule has 3 rings (SSSR count). The molecule has 0 saturated heterocycles. The molecule has 2 heterocycles. The zero-order valence-corrected chi connectivity index (χ0v) is 13.0. The molecule has 0 bridgehead atoms. The third kappa shape index (κ3) is 3.22. The zero-order chi connectivity index (χ0) is 14.9. The fourth-order valence-corrected chi connectivity index (χ4v) is 3.34. The van der Waals surface area contributed by atoms with Crippen LogP contribution in [0.2, 0.25) is 0 Å². The molecular weight excluding hydrogens is 280 g/mol. The molecule has 1 aromatic heterocycles. The van der Waals surface area contributed by atoms with E-state index in [0.717, 1.165) is 22.7 Å². The Morgan fingerprint density at radius 1 is 1.29 bits per heavy atom. The van der Waals surface area contributed by atoms with Crippen molar-refractivity contribution in [1.29, 1.82) is 0 Å². The molecule has 0 radical (unpaired) electrons. The smallest absolute Gasteiger partial charge is 0.231 e. The molecule has 3 nitrogen and oxygen atoms in total. The predicted octanol–water partition coefficient (Wildman–Crippen LogP) is 3.90. The van der Waals surface area contributed by atoms with E-state index in [-0.39, 0.29) is 11.4 Å². The number of nitrogens with zero attached hydrogens (tertiary/aromatic N) is 1. The van der Waals surface area contributed by atoms with Gasteiger partial charge in [-0.25, -0.2) is 0 Å². The topological polar surface area (TPSA) is 41.5 Å². The van der Waals surface area contributed by atoms with Crippen molar-refractivity contribution in [1.82, 2.24) is 0 Å². The Morgan fingerprint density at radius 2 is 2.10 bits per heavy atom. The summed E-state index contributed by atoms with van der Waals surface area (Å²) in [5, 5.41) is 5.76. The summed E-state index contributed by atoms with van der Waals surface area (Å²) in [5.41, 5.74) is 3.12. The van der Waals surface area contributed by atoms with Gasteiger partial charge >= 0.3 is 0 Å². The Bertz CT molecular complexity index is 687. The summed E-state index contributed by atoms with van der Waals surface area (Å²) in [4.78, 5) is 17.0. The van der Waals surface area contributed by atoms with Crippen LogP contribution in [0.4, 0.5) is 5.00 Å². The van der Waals surface area contributed by atoms with Gasteiger partial charge in [-0.1, -0.05) is 24.3 Å². The minimum Gasteiger partial charge on any atom is -0.317 e. The first kappa shape index (κ1) is 14.0. The van der Waals surface area contributed by atoms with Crippen molar-refractivity contribution in [2.45, 2.75) is 32.2 Å². The monoisotopic (exact) mass is 298 g/mol. The molecule has 0 atom stereocenters. The molecule has 4 heteroatoms. The average Bonchev–Trinajstić information content (AvgIpc) is 2.90. The fraction of sp³-hybridized carbons (Fsp3) is 0.294. The van der Waals surface area contributed by atoms with Crippen molar-refractivity contribution < 1.29 is 4.79 Å². The van der Waals surface area contributed by atoms with Crippen molar-refractivity contribution in [3.63, 3.8) is 0 Å². The second-order valence-electron chi connectivity index (χ2n) is 5.91. The highest BCUT2D eigenvalue weighted by atomic mass is 32.1. The van der Waals surface area contributed by atoms with Crippen molar-refractivity contribution in [2.24, 2.45) is 4.99 Å². The van der Waals surface area contributed by atoms with E-state index in [9.17, 15) is 4.79 Å². The third-order valence-corrected chi connectivity index (χ3v) is 4.29. The van der Waals surface area contributed by atoms with Crippen LogP contribution in [0.1, 0.15) is 31.4 Å². The van der Waals surface area contributed by atoms with E-state index < -0.39 is 0 Å². The molecule has 0 spiro atoms. The highest BCUT2D eigenvalue weighted by molar-refractivity contribution is 7.14. The van der Waals surface area contributed by atoms with Crippen molar-refractivity contribution in [3.8, 4) is 0 Å². The van der Waals surface area contributed by atoms with Crippen LogP contribution in [0.25, 0.3) is 0 Å². The molecule has 0 unspecified atom stereocenters. The van der Waals surface area contributed by atoms with Crippen molar-refractivity contribution in [3.05, 3.63) is 52.9 Å². The average molecular weight is 298 g/mol. The van der Waals surface area contributed by atoms with Gasteiger partial charge in [-0.2, -0.15) is 0 Å². The molecule has 1 aliphatic heterocycles. The maximum atomic E-state index is 12.2. The van der Waals surface area contributed by atoms with Gasteiger partial charge in [-0.3, -0.25) is 9.79 Å². The number of fused-ring (bicyclic) bond motifs is 1. The van der Waals surface area contributed by atoms with Gasteiger partial charge in [-0.05, 0) is 48.9 Å². The Morgan fingerprint density at radius 3 is 2.86 bits per heavy atom. The minimum absolute atomic E-state index is 0.0105. The van der Waals surface area contributed by atoms with E-state index >= 15 is 0 Å². The number of rotatable bonds is 3. The van der Waals surface area contributed by atoms with Crippen LogP contribution in [0.15, 0.2) is 46.8 Å². The number of amides is 1. The molecular formula is C17H18N2OS. The van der Waals surface area contributed by atoms with Crippen molar-refractivity contribution >= 4 is 28.0 Å². The number of thiophene rings is 1. The van der Waals surface area contributed by atoms with E-state index in [1.54, 1.807) is 0 Å². The fourth-order valence-electron chi connectivity index (χ4n) is 2.71. The molecule has 0 aliphatic carbocycles. The van der Waals surface area contributed by atoms with E-state index in [1.807, 2.05) is 29.6 Å². The number of carbonyl (C=O) groups excluding carboxylic acids is 1. The molecule has 1 aromatic carbocycles. The van der Waals surface area contributed by atoms with Crippen LogP contribution in [0.5, 0.6) is 0 Å². The second kappa shape index (κ2) is 5.45. The molecule has 108 valence electrons. The van der Waals surface area contributed by atoms with E-state index in [1.165, 1.54) is 16.9 Å². The summed E-state index contributed by atoms with van der Waals surface area (Å²) in [7, 11) is 0. The molecule has 1 amide bonds. The molecule has 1 N–H and O–H groups in total. The lowest BCUT2D eigenvalue weighted by Gasteiger charge is -2.28. The van der Waals surface area contributed by atoms with Crippen LogP contribution in [0, 0.1) is 0 Å². The van der Waals surface area contributed by atoms with Crippen LogP contribution >= 0.6 is 11.3 Å². The number of hydrogen-bond donors (Lipinski definition) is 1. The predicted molar refractivity (Wildman–Crippen MR) is 88.3 cm³/mol. The lowest BCUT2D eigenvalue weighted by atomic mass is 9.86. The number of nitrogens with one attached hydrogen (secondary N) is 1. The van der Waals surface area contributed by atoms with Gasteiger partial charge < -0.3 is 5.32 Å². The van der Waals surface area contributed by atoms with E-state index in [0.29, 0.717) is 6.42 Å². The van der Waals surface area contributed by atoms with Gasteiger partial charge in [0.1, 0.15) is 0 Å². The maximum Gasteiger partial charge on any atom is 0.231 e. The summed E-state index contributed by atoms with van der Waals surface area (Å²) >= 11 is 1.53. The summed E-state index contributed by atoms with van der Waals surface area (Å²) in [6, 6.07) is 12.1. The first-order valence-electron chi connectivity index (χ1n) is 7.04. The molecule has 0 saturated carbocycles. The minimum atomic E-state index is -0.146. The largest absolute Gasteiger partial charge is 0.317 e. The number of hydrogen-bond acceptors (Lipinski definition) is 3. The first-order chi connectivity index (χ1) is 10.0.